The molecular weight excluding hydrogens is 485 g/mol. The van der Waals surface area contributed by atoms with Crippen molar-refractivity contribution in [2.75, 3.05) is 33.7 Å². The van der Waals surface area contributed by atoms with Crippen LogP contribution in [0, 0.1) is 5.41 Å². The summed E-state index contributed by atoms with van der Waals surface area (Å²) in [6.07, 6.45) is 1.09. The van der Waals surface area contributed by atoms with Crippen LogP contribution in [0.2, 0.25) is 0 Å². The maximum atomic E-state index is 13.1. The van der Waals surface area contributed by atoms with Crippen LogP contribution in [0.15, 0.2) is 24.5 Å². The van der Waals surface area contributed by atoms with Crippen LogP contribution < -0.4 is 10.6 Å². The molecule has 2 bridgehead atoms. The SMILES string of the molecule is CN(C)C(=O)C12CC(CNC(=O)c3ccnc4ccnn34)(C1)OC21CCNCC1.O=C(O)C(F)(F)F. The van der Waals surface area contributed by atoms with Crippen molar-refractivity contribution >= 4 is 23.4 Å². The highest BCUT2D eigenvalue weighted by Gasteiger charge is 2.77. The molecule has 3 saturated heterocycles. The van der Waals surface area contributed by atoms with E-state index < -0.39 is 28.8 Å². The average Bonchev–Trinajstić information content (AvgIpc) is 3.45. The van der Waals surface area contributed by atoms with E-state index in [1.165, 1.54) is 4.52 Å². The summed E-state index contributed by atoms with van der Waals surface area (Å²) in [5, 5.41) is 17.7. The Balaban J connectivity index is 0.000000384. The lowest BCUT2D eigenvalue weighted by atomic mass is 9.53. The Morgan fingerprint density at radius 1 is 1.19 bits per heavy atom. The van der Waals surface area contributed by atoms with E-state index in [4.69, 9.17) is 14.6 Å². The van der Waals surface area contributed by atoms with Gasteiger partial charge < -0.3 is 25.4 Å². The van der Waals surface area contributed by atoms with Crippen LogP contribution in [0.4, 0.5) is 13.2 Å². The highest BCUT2D eigenvalue weighted by molar-refractivity contribution is 5.93. The van der Waals surface area contributed by atoms with Gasteiger partial charge in [0.1, 0.15) is 5.69 Å². The molecule has 3 aliphatic heterocycles. The Kier molecular flexibility index (Phi) is 6.45. The van der Waals surface area contributed by atoms with Crippen molar-refractivity contribution < 1.29 is 37.4 Å². The van der Waals surface area contributed by atoms with Crippen molar-refractivity contribution in [3.8, 4) is 0 Å². The monoisotopic (exact) mass is 512 g/mol. The summed E-state index contributed by atoms with van der Waals surface area (Å²) in [4.78, 5) is 40.7. The van der Waals surface area contributed by atoms with Crippen LogP contribution in [0.5, 0.6) is 0 Å². The van der Waals surface area contributed by atoms with Gasteiger partial charge in [-0.05, 0) is 44.8 Å². The standard InChI is InChI=1S/C20H26N6O3.C2HF3O2/c1-25(2)17(28)19-11-18(12-19,29-20(19)5-9-21-10-6-20)13-23-16(27)14-3-7-22-15-4-8-24-26(14)15;3-2(4,5)1(6)7/h3-4,7-8,21H,5-6,9-13H2,1-2H3,(H,23,27);(H,6,7). The van der Waals surface area contributed by atoms with E-state index in [1.54, 1.807) is 29.4 Å². The number of carboxylic acid groups (broad SMARTS) is 1. The van der Waals surface area contributed by atoms with E-state index in [0.717, 1.165) is 25.9 Å². The minimum Gasteiger partial charge on any atom is -0.475 e. The number of carboxylic acids is 1. The lowest BCUT2D eigenvalue weighted by molar-refractivity contribution is -0.192. The van der Waals surface area contributed by atoms with E-state index in [1.807, 2.05) is 14.1 Å². The van der Waals surface area contributed by atoms with Gasteiger partial charge in [0.05, 0.1) is 22.8 Å². The zero-order valence-corrected chi connectivity index (χ0v) is 19.8. The molecular formula is C22H27F3N6O5. The molecule has 0 radical (unpaired) electrons. The Labute approximate surface area is 204 Å². The Morgan fingerprint density at radius 3 is 2.42 bits per heavy atom. The molecule has 2 aromatic heterocycles. The molecule has 4 aliphatic rings. The van der Waals surface area contributed by atoms with Crippen LogP contribution >= 0.6 is 0 Å². The van der Waals surface area contributed by atoms with Gasteiger partial charge in [-0.2, -0.15) is 18.3 Å². The van der Waals surface area contributed by atoms with E-state index >= 15 is 0 Å². The number of nitrogens with one attached hydrogen (secondary N) is 2. The third kappa shape index (κ3) is 4.28. The molecule has 2 aromatic rings. The van der Waals surface area contributed by atoms with Crippen LogP contribution in [0.25, 0.3) is 5.65 Å². The molecule has 1 saturated carbocycles. The summed E-state index contributed by atoms with van der Waals surface area (Å²) in [6, 6.07) is 3.40. The number of hydrogen-bond donors (Lipinski definition) is 3. The summed E-state index contributed by atoms with van der Waals surface area (Å²) in [6.45, 7) is 2.08. The summed E-state index contributed by atoms with van der Waals surface area (Å²) in [5.41, 5.74) is -0.331. The van der Waals surface area contributed by atoms with Gasteiger partial charge in [0.25, 0.3) is 5.91 Å². The predicted octanol–water partition coefficient (Wildman–Crippen LogP) is 0.852. The van der Waals surface area contributed by atoms with Crippen molar-refractivity contribution in [1.82, 2.24) is 30.1 Å². The summed E-state index contributed by atoms with van der Waals surface area (Å²) >= 11 is 0. The number of alkyl halides is 3. The van der Waals surface area contributed by atoms with Gasteiger partial charge >= 0.3 is 12.1 Å². The molecule has 5 heterocycles. The van der Waals surface area contributed by atoms with E-state index in [2.05, 4.69) is 20.7 Å². The molecule has 3 N–H and O–H groups in total. The predicted molar refractivity (Wildman–Crippen MR) is 118 cm³/mol. The van der Waals surface area contributed by atoms with Gasteiger partial charge in [0.15, 0.2) is 5.65 Å². The number of ether oxygens (including phenoxy) is 1. The topological polar surface area (TPSA) is 138 Å². The Bertz CT molecular complexity index is 1170. The number of hydrogen-bond acceptors (Lipinski definition) is 7. The molecule has 0 atom stereocenters. The van der Waals surface area contributed by atoms with Gasteiger partial charge in [-0.1, -0.05) is 0 Å². The molecule has 196 valence electrons. The summed E-state index contributed by atoms with van der Waals surface area (Å²) < 4.78 is 39.9. The lowest BCUT2D eigenvalue weighted by Crippen LogP contribution is -2.61. The number of carbonyl (C=O) groups excluding carboxylic acids is 2. The van der Waals surface area contributed by atoms with Gasteiger partial charge in [-0.3, -0.25) is 9.59 Å². The van der Waals surface area contributed by atoms with Gasteiger partial charge in [0, 0.05) is 32.9 Å². The second kappa shape index (κ2) is 9.00. The molecule has 1 aliphatic carbocycles. The molecule has 6 rings (SSSR count). The van der Waals surface area contributed by atoms with E-state index in [-0.39, 0.29) is 11.8 Å². The van der Waals surface area contributed by atoms with Crippen molar-refractivity contribution in [3.05, 3.63) is 30.2 Å². The van der Waals surface area contributed by atoms with E-state index in [0.29, 0.717) is 30.7 Å². The fourth-order valence-electron chi connectivity index (χ4n) is 5.64. The zero-order valence-electron chi connectivity index (χ0n) is 19.8. The zero-order chi connectivity index (χ0) is 26.4. The van der Waals surface area contributed by atoms with Crippen molar-refractivity contribution in [2.24, 2.45) is 5.41 Å². The largest absolute Gasteiger partial charge is 0.490 e. The minimum absolute atomic E-state index is 0.145. The fraction of sp³-hybridized carbons (Fsp3) is 0.591. The first-order chi connectivity index (χ1) is 16.8. The molecule has 2 amide bonds. The number of carbonyl (C=O) groups is 3. The van der Waals surface area contributed by atoms with Crippen molar-refractivity contribution in [2.45, 2.75) is 43.1 Å². The van der Waals surface area contributed by atoms with E-state index in [9.17, 15) is 22.8 Å². The number of amides is 2. The average molecular weight is 512 g/mol. The first kappa shape index (κ1) is 25.8. The van der Waals surface area contributed by atoms with Gasteiger partial charge in [-0.15, -0.1) is 0 Å². The van der Waals surface area contributed by atoms with Crippen LogP contribution in [-0.4, -0.2) is 93.5 Å². The van der Waals surface area contributed by atoms with Crippen LogP contribution in [0.1, 0.15) is 36.2 Å². The first-order valence-corrected chi connectivity index (χ1v) is 11.3. The number of halogens is 3. The quantitative estimate of drug-likeness (QED) is 0.548. The number of nitrogens with zero attached hydrogens (tertiary/aromatic N) is 4. The number of aliphatic carboxylic acids is 1. The smallest absolute Gasteiger partial charge is 0.475 e. The third-order valence-electron chi connectivity index (χ3n) is 7.10. The second-order valence-electron chi connectivity index (χ2n) is 9.58. The third-order valence-corrected chi connectivity index (χ3v) is 7.10. The van der Waals surface area contributed by atoms with Gasteiger partial charge in [-0.25, -0.2) is 14.3 Å². The normalized spacial score (nSPS) is 26.0. The summed E-state index contributed by atoms with van der Waals surface area (Å²) in [7, 11) is 3.62. The summed E-state index contributed by atoms with van der Waals surface area (Å²) in [5.74, 6) is -2.83. The van der Waals surface area contributed by atoms with Crippen molar-refractivity contribution in [3.63, 3.8) is 0 Å². The second-order valence-corrected chi connectivity index (χ2v) is 9.58. The molecule has 36 heavy (non-hydrogen) atoms. The van der Waals surface area contributed by atoms with Crippen molar-refractivity contribution in [1.29, 1.82) is 0 Å². The minimum atomic E-state index is -5.08. The number of rotatable bonds is 4. The Hall–Kier alpha value is -3.26. The lowest BCUT2D eigenvalue weighted by Gasteiger charge is -2.49. The molecule has 14 heteroatoms. The molecule has 11 nitrogen and oxygen atoms in total. The van der Waals surface area contributed by atoms with Crippen LogP contribution in [0.3, 0.4) is 0 Å². The maximum Gasteiger partial charge on any atom is 0.490 e. The molecule has 0 aromatic carbocycles. The number of piperidine rings is 1. The molecule has 1 spiro atoms. The van der Waals surface area contributed by atoms with Gasteiger partial charge in [0.2, 0.25) is 5.91 Å². The number of aromatic nitrogens is 3. The first-order valence-electron chi connectivity index (χ1n) is 11.3. The highest BCUT2D eigenvalue weighted by atomic mass is 19.4. The fourth-order valence-corrected chi connectivity index (χ4v) is 5.64. The molecule has 0 unspecified atom stereocenters. The highest BCUT2D eigenvalue weighted by Crippen LogP contribution is 2.69. The number of fused-ring (bicyclic) bond motifs is 1. The molecule has 4 fully saturated rings. The maximum absolute atomic E-state index is 13.1. The Morgan fingerprint density at radius 2 is 1.83 bits per heavy atom. The van der Waals surface area contributed by atoms with Crippen LogP contribution in [-0.2, 0) is 14.3 Å².